The lowest BCUT2D eigenvalue weighted by molar-refractivity contribution is 0.0780. The van der Waals surface area contributed by atoms with Gasteiger partial charge < -0.3 is 9.64 Å². The lowest BCUT2D eigenvalue weighted by atomic mass is 10.1. The highest BCUT2D eigenvalue weighted by Gasteiger charge is 2.28. The van der Waals surface area contributed by atoms with Gasteiger partial charge in [0.25, 0.3) is 5.91 Å². The molecule has 0 N–H and O–H groups in total. The third-order valence-corrected chi connectivity index (χ3v) is 4.12. The minimum atomic E-state index is -0.457. The predicted octanol–water partition coefficient (Wildman–Crippen LogP) is 3.15. The van der Waals surface area contributed by atoms with Crippen LogP contribution in [0, 0.1) is 11.7 Å². The fourth-order valence-corrected chi connectivity index (χ4v) is 2.84. The van der Waals surface area contributed by atoms with Gasteiger partial charge in [0.05, 0.1) is 12.2 Å². The Bertz CT molecular complexity index is 663. The van der Waals surface area contributed by atoms with Crippen molar-refractivity contribution in [1.82, 2.24) is 9.88 Å². The van der Waals surface area contributed by atoms with Crippen molar-refractivity contribution in [3.8, 4) is 5.75 Å². The van der Waals surface area contributed by atoms with E-state index in [1.54, 1.807) is 29.4 Å². The van der Waals surface area contributed by atoms with E-state index in [1.807, 2.05) is 12.1 Å². The largest absolute Gasteiger partial charge is 0.493 e. The van der Waals surface area contributed by atoms with Crippen LogP contribution in [0.3, 0.4) is 0 Å². The zero-order valence-corrected chi connectivity index (χ0v) is 12.8. The van der Waals surface area contributed by atoms with E-state index in [1.165, 1.54) is 12.1 Å². The van der Waals surface area contributed by atoms with Gasteiger partial charge in [-0.2, -0.15) is 0 Å². The molecule has 120 valence electrons. The summed E-state index contributed by atoms with van der Waals surface area (Å²) in [6.45, 7) is 1.94. The molecule has 5 heteroatoms. The van der Waals surface area contributed by atoms with Gasteiger partial charge in [-0.25, -0.2) is 4.39 Å². The van der Waals surface area contributed by atoms with Gasteiger partial charge in [-0.3, -0.25) is 9.78 Å². The average Bonchev–Trinajstić information content (AvgIpc) is 3.05. The molecule has 1 aromatic carbocycles. The number of benzene rings is 1. The van der Waals surface area contributed by atoms with Gasteiger partial charge in [-0.05, 0) is 43.0 Å². The molecule has 1 fully saturated rings. The maximum Gasteiger partial charge on any atom is 0.256 e. The smallest absolute Gasteiger partial charge is 0.256 e. The first kappa shape index (κ1) is 15.5. The minimum Gasteiger partial charge on any atom is -0.493 e. The number of carbonyl (C=O) groups excluding carboxylic acids is 1. The highest BCUT2D eigenvalue weighted by atomic mass is 19.1. The fourth-order valence-electron chi connectivity index (χ4n) is 2.84. The van der Waals surface area contributed by atoms with Gasteiger partial charge in [-0.15, -0.1) is 0 Å². The number of carbonyl (C=O) groups is 1. The number of ether oxygens (including phenoxy) is 1. The molecule has 1 amide bonds. The lowest BCUT2D eigenvalue weighted by Crippen LogP contribution is -2.29. The number of rotatable bonds is 5. The number of hydrogen-bond acceptors (Lipinski definition) is 3. The van der Waals surface area contributed by atoms with Crippen LogP contribution in [0.2, 0.25) is 0 Å². The maximum absolute atomic E-state index is 13.7. The van der Waals surface area contributed by atoms with Crippen LogP contribution in [0.25, 0.3) is 0 Å². The molecule has 0 saturated carbocycles. The van der Waals surface area contributed by atoms with Gasteiger partial charge >= 0.3 is 0 Å². The van der Waals surface area contributed by atoms with Gasteiger partial charge in [0.2, 0.25) is 0 Å². The molecule has 1 unspecified atom stereocenters. The maximum atomic E-state index is 13.7. The second kappa shape index (κ2) is 7.22. The molecule has 4 nitrogen and oxygen atoms in total. The molecular formula is C18H19FN2O2. The Morgan fingerprint density at radius 1 is 1.26 bits per heavy atom. The molecule has 0 bridgehead atoms. The van der Waals surface area contributed by atoms with Crippen LogP contribution in [-0.4, -0.2) is 35.5 Å². The van der Waals surface area contributed by atoms with Gasteiger partial charge in [-0.1, -0.05) is 12.1 Å². The number of hydrogen-bond donors (Lipinski definition) is 0. The molecule has 1 aliphatic rings. The molecule has 0 aliphatic carbocycles. The standard InChI is InChI=1S/C18H19FN2O2/c19-17-4-2-1-3-16(17)18(22)21-11-7-14(13-21)8-12-23-15-5-9-20-10-6-15/h1-6,9-10,14H,7-8,11-13H2. The molecule has 23 heavy (non-hydrogen) atoms. The number of pyridine rings is 1. The minimum absolute atomic E-state index is 0.154. The Kier molecular flexibility index (Phi) is 4.86. The van der Waals surface area contributed by atoms with E-state index in [0.717, 1.165) is 18.6 Å². The first-order valence-corrected chi connectivity index (χ1v) is 7.80. The van der Waals surface area contributed by atoms with E-state index in [4.69, 9.17) is 4.74 Å². The van der Waals surface area contributed by atoms with Crippen LogP contribution < -0.4 is 4.74 Å². The summed E-state index contributed by atoms with van der Waals surface area (Å²) < 4.78 is 19.4. The van der Waals surface area contributed by atoms with Crippen molar-refractivity contribution < 1.29 is 13.9 Å². The summed E-state index contributed by atoms with van der Waals surface area (Å²) in [6, 6.07) is 9.79. The van der Waals surface area contributed by atoms with Crippen molar-refractivity contribution in [2.75, 3.05) is 19.7 Å². The van der Waals surface area contributed by atoms with Crippen LogP contribution in [-0.2, 0) is 0 Å². The number of nitrogens with zero attached hydrogens (tertiary/aromatic N) is 2. The number of halogens is 1. The Morgan fingerprint density at radius 2 is 2.04 bits per heavy atom. The van der Waals surface area contributed by atoms with Crippen molar-refractivity contribution in [1.29, 1.82) is 0 Å². The molecule has 2 heterocycles. The summed E-state index contributed by atoms with van der Waals surface area (Å²) >= 11 is 0. The second-order valence-electron chi connectivity index (χ2n) is 5.71. The Labute approximate surface area is 134 Å². The first-order chi connectivity index (χ1) is 11.2. The highest BCUT2D eigenvalue weighted by Crippen LogP contribution is 2.22. The monoisotopic (exact) mass is 314 g/mol. The molecule has 1 saturated heterocycles. The first-order valence-electron chi connectivity index (χ1n) is 7.80. The van der Waals surface area contributed by atoms with E-state index in [0.29, 0.717) is 25.6 Å². The number of aromatic nitrogens is 1. The SMILES string of the molecule is O=C(c1ccccc1F)N1CCC(CCOc2ccncc2)C1. The van der Waals surface area contributed by atoms with Crippen molar-refractivity contribution in [3.05, 3.63) is 60.2 Å². The van der Waals surface area contributed by atoms with Crippen molar-refractivity contribution >= 4 is 5.91 Å². The summed E-state index contributed by atoms with van der Waals surface area (Å²) in [6.07, 6.45) is 5.20. The van der Waals surface area contributed by atoms with Crippen LogP contribution >= 0.6 is 0 Å². The van der Waals surface area contributed by atoms with Crippen LogP contribution in [0.15, 0.2) is 48.8 Å². The molecule has 1 aliphatic heterocycles. The van der Waals surface area contributed by atoms with E-state index in [9.17, 15) is 9.18 Å². The summed E-state index contributed by atoms with van der Waals surface area (Å²) in [7, 11) is 0. The molecule has 0 radical (unpaired) electrons. The Hall–Kier alpha value is -2.43. The van der Waals surface area contributed by atoms with E-state index in [-0.39, 0.29) is 11.5 Å². The quantitative estimate of drug-likeness (QED) is 0.851. The molecular weight excluding hydrogens is 295 g/mol. The Morgan fingerprint density at radius 3 is 2.83 bits per heavy atom. The third-order valence-electron chi connectivity index (χ3n) is 4.12. The summed E-state index contributed by atoms with van der Waals surface area (Å²) in [5.41, 5.74) is 0.154. The fraction of sp³-hybridized carbons (Fsp3) is 0.333. The highest BCUT2D eigenvalue weighted by molar-refractivity contribution is 5.94. The molecule has 2 aromatic rings. The van der Waals surface area contributed by atoms with E-state index < -0.39 is 5.82 Å². The van der Waals surface area contributed by atoms with Crippen molar-refractivity contribution in [2.45, 2.75) is 12.8 Å². The van der Waals surface area contributed by atoms with Crippen molar-refractivity contribution in [2.24, 2.45) is 5.92 Å². The average molecular weight is 314 g/mol. The molecule has 1 atom stereocenters. The lowest BCUT2D eigenvalue weighted by Gasteiger charge is -2.17. The predicted molar refractivity (Wildman–Crippen MR) is 84.8 cm³/mol. The summed E-state index contributed by atoms with van der Waals surface area (Å²) in [4.78, 5) is 18.0. The van der Waals surface area contributed by atoms with E-state index >= 15 is 0 Å². The van der Waals surface area contributed by atoms with Crippen molar-refractivity contribution in [3.63, 3.8) is 0 Å². The van der Waals surface area contributed by atoms with Gasteiger partial charge in [0.15, 0.2) is 0 Å². The molecule has 0 spiro atoms. The summed E-state index contributed by atoms with van der Waals surface area (Å²) in [5.74, 6) is 0.521. The van der Waals surface area contributed by atoms with Crippen LogP contribution in [0.1, 0.15) is 23.2 Å². The molecule has 1 aromatic heterocycles. The summed E-state index contributed by atoms with van der Waals surface area (Å²) in [5, 5.41) is 0. The van der Waals surface area contributed by atoms with E-state index in [2.05, 4.69) is 4.98 Å². The van der Waals surface area contributed by atoms with Gasteiger partial charge in [0, 0.05) is 25.5 Å². The third kappa shape index (κ3) is 3.86. The van der Waals surface area contributed by atoms with Crippen LogP contribution in [0.5, 0.6) is 5.75 Å². The van der Waals surface area contributed by atoms with Crippen LogP contribution in [0.4, 0.5) is 4.39 Å². The zero-order valence-electron chi connectivity index (χ0n) is 12.8. The number of likely N-dealkylation sites (tertiary alicyclic amines) is 1. The second-order valence-corrected chi connectivity index (χ2v) is 5.71. The van der Waals surface area contributed by atoms with Gasteiger partial charge in [0.1, 0.15) is 11.6 Å². The molecule has 3 rings (SSSR count). The topological polar surface area (TPSA) is 42.4 Å². The normalized spacial score (nSPS) is 17.3. The zero-order chi connectivity index (χ0) is 16.1. The number of amides is 1. The Balaban J connectivity index is 1.49.